The molecule has 0 aromatic carbocycles. The number of Topliss-reactive ketones (excluding diaryl/α,β-unsaturated/α-hetero) is 1. The molecule has 6 nitrogen and oxygen atoms in total. The largest absolute Gasteiger partial charge is 0.481 e. The Morgan fingerprint density at radius 3 is 2.50 bits per heavy atom. The lowest BCUT2D eigenvalue weighted by Crippen LogP contribution is -2.54. The molecule has 0 bridgehead atoms. The van der Waals surface area contributed by atoms with Gasteiger partial charge in [0.25, 0.3) is 0 Å². The Bertz CT molecular complexity index is 849. The molecular formula is C26H39NO5. The molecule has 8 atom stereocenters. The van der Waals surface area contributed by atoms with Crippen LogP contribution in [0.1, 0.15) is 79.1 Å². The van der Waals surface area contributed by atoms with Crippen molar-refractivity contribution < 1.29 is 24.6 Å². The smallest absolute Gasteiger partial charge is 0.304 e. The highest BCUT2D eigenvalue weighted by Gasteiger charge is 2.61. The Labute approximate surface area is 191 Å². The molecule has 1 amide bonds. The fourth-order valence-electron chi connectivity index (χ4n) is 8.74. The quantitative estimate of drug-likeness (QED) is 0.595. The number of aliphatic carboxylic acids is 1. The standard InChI is InChI=1S/C26H39NO5/c1-14(13-28)18-7-8-19-17-5-6-21-23(27-15(2)29)24(32)16(11-22(30)31)12-26(21,4)20(17)9-10-25(18,19)3/h14,16-20,28H,5-13H2,1-4H3,(H,27,29)(H,30,31)/t14-,16?,17+,18-,19+,20+,25-,26-/m1/s1. The summed E-state index contributed by atoms with van der Waals surface area (Å²) < 4.78 is 0. The van der Waals surface area contributed by atoms with E-state index in [1.807, 2.05) is 0 Å². The van der Waals surface area contributed by atoms with Crippen LogP contribution in [0.3, 0.4) is 0 Å². The van der Waals surface area contributed by atoms with E-state index in [9.17, 15) is 24.6 Å². The average molecular weight is 446 g/mol. The summed E-state index contributed by atoms with van der Waals surface area (Å²) in [5, 5.41) is 22.1. The molecule has 4 rings (SSSR count). The lowest BCUT2D eigenvalue weighted by atomic mass is 9.45. The molecule has 32 heavy (non-hydrogen) atoms. The third-order valence-electron chi connectivity index (χ3n) is 10.0. The van der Waals surface area contributed by atoms with Gasteiger partial charge in [-0.3, -0.25) is 14.4 Å². The number of allylic oxidation sites excluding steroid dienone is 1. The summed E-state index contributed by atoms with van der Waals surface area (Å²) in [5.74, 6) is 0.412. The minimum Gasteiger partial charge on any atom is -0.481 e. The normalized spacial score (nSPS) is 42.0. The average Bonchev–Trinajstić information content (AvgIpc) is 3.07. The number of carboxylic acids is 1. The highest BCUT2D eigenvalue weighted by Crippen LogP contribution is 2.68. The molecular weight excluding hydrogens is 406 g/mol. The minimum atomic E-state index is -0.960. The van der Waals surface area contributed by atoms with Crippen LogP contribution in [-0.4, -0.2) is 34.5 Å². The number of hydrogen-bond donors (Lipinski definition) is 3. The maximum atomic E-state index is 13.2. The van der Waals surface area contributed by atoms with Crippen LogP contribution in [-0.2, 0) is 14.4 Å². The topological polar surface area (TPSA) is 104 Å². The van der Waals surface area contributed by atoms with Crippen molar-refractivity contribution >= 4 is 17.7 Å². The second kappa shape index (κ2) is 8.27. The van der Waals surface area contributed by atoms with Crippen LogP contribution in [0.15, 0.2) is 11.3 Å². The van der Waals surface area contributed by atoms with Gasteiger partial charge in [0.2, 0.25) is 5.91 Å². The summed E-state index contributed by atoms with van der Waals surface area (Å²) in [6, 6.07) is 0. The molecule has 6 heteroatoms. The third-order valence-corrected chi connectivity index (χ3v) is 10.0. The zero-order chi connectivity index (χ0) is 23.4. The van der Waals surface area contributed by atoms with E-state index >= 15 is 0 Å². The fourth-order valence-corrected chi connectivity index (χ4v) is 8.74. The molecule has 178 valence electrons. The minimum absolute atomic E-state index is 0.181. The number of aliphatic hydroxyl groups excluding tert-OH is 1. The summed E-state index contributed by atoms with van der Waals surface area (Å²) in [6.07, 6.45) is 6.75. The third kappa shape index (κ3) is 3.53. The predicted molar refractivity (Wildman–Crippen MR) is 120 cm³/mol. The predicted octanol–water partition coefficient (Wildman–Crippen LogP) is 3.93. The van der Waals surface area contributed by atoms with E-state index in [1.54, 1.807) is 0 Å². The van der Waals surface area contributed by atoms with E-state index in [0.29, 0.717) is 41.7 Å². The van der Waals surface area contributed by atoms with Crippen molar-refractivity contribution in [2.45, 2.75) is 79.1 Å². The molecule has 0 aliphatic heterocycles. The van der Waals surface area contributed by atoms with Gasteiger partial charge >= 0.3 is 5.97 Å². The number of rotatable bonds is 5. The SMILES string of the molecule is CC(=O)NC1=C2CC[C@H]3[C@@H]4CC[C@H]([C@H](C)CO)[C@@]4(C)CC[C@@H]3[C@@]2(C)CC(CC(=O)O)C1=O. The number of carbonyl (C=O) groups excluding carboxylic acids is 2. The second-order valence-corrected chi connectivity index (χ2v) is 11.6. The molecule has 0 heterocycles. The number of carbonyl (C=O) groups is 3. The summed E-state index contributed by atoms with van der Waals surface area (Å²) in [7, 11) is 0. The number of hydrogen-bond acceptors (Lipinski definition) is 4. The Balaban J connectivity index is 1.71. The number of amides is 1. The molecule has 0 saturated heterocycles. The van der Waals surface area contributed by atoms with Crippen molar-refractivity contribution in [3.8, 4) is 0 Å². The summed E-state index contributed by atoms with van der Waals surface area (Å²) in [4.78, 5) is 36.6. The number of aliphatic hydroxyl groups is 1. The first-order valence-electron chi connectivity index (χ1n) is 12.4. The van der Waals surface area contributed by atoms with Gasteiger partial charge in [0.1, 0.15) is 0 Å². The van der Waals surface area contributed by atoms with E-state index in [0.717, 1.165) is 31.3 Å². The molecule has 0 spiro atoms. The van der Waals surface area contributed by atoms with Gasteiger partial charge in [0, 0.05) is 19.4 Å². The molecule has 0 radical (unpaired) electrons. The number of fused-ring (bicyclic) bond motifs is 5. The van der Waals surface area contributed by atoms with Crippen molar-refractivity contribution in [2.75, 3.05) is 6.61 Å². The second-order valence-electron chi connectivity index (χ2n) is 11.6. The summed E-state index contributed by atoms with van der Waals surface area (Å²) in [6.45, 7) is 8.50. The van der Waals surface area contributed by atoms with Gasteiger partial charge in [-0.15, -0.1) is 0 Å². The monoisotopic (exact) mass is 445 g/mol. The first kappa shape index (κ1) is 23.5. The van der Waals surface area contributed by atoms with Crippen LogP contribution >= 0.6 is 0 Å². The van der Waals surface area contributed by atoms with E-state index in [-0.39, 0.29) is 35.5 Å². The zero-order valence-electron chi connectivity index (χ0n) is 19.9. The lowest BCUT2D eigenvalue weighted by Gasteiger charge is -2.59. The maximum Gasteiger partial charge on any atom is 0.304 e. The van der Waals surface area contributed by atoms with Crippen LogP contribution in [0.5, 0.6) is 0 Å². The van der Waals surface area contributed by atoms with Gasteiger partial charge in [0.15, 0.2) is 5.78 Å². The molecule has 0 aromatic heterocycles. The first-order chi connectivity index (χ1) is 15.0. The molecule has 3 N–H and O–H groups in total. The van der Waals surface area contributed by atoms with Gasteiger partial charge in [-0.05, 0) is 90.9 Å². The number of nitrogens with one attached hydrogen (secondary N) is 1. The molecule has 4 aliphatic rings. The van der Waals surface area contributed by atoms with Crippen LogP contribution in [0, 0.1) is 46.3 Å². The van der Waals surface area contributed by atoms with Gasteiger partial charge in [-0.1, -0.05) is 20.8 Å². The fraction of sp³-hybridized carbons (Fsp3) is 0.808. The summed E-state index contributed by atoms with van der Waals surface area (Å²) in [5.41, 5.74) is 1.44. The van der Waals surface area contributed by atoms with Crippen molar-refractivity contribution in [3.05, 3.63) is 11.3 Å². The Morgan fingerprint density at radius 1 is 1.16 bits per heavy atom. The highest BCUT2D eigenvalue weighted by molar-refractivity contribution is 6.03. The van der Waals surface area contributed by atoms with Crippen LogP contribution in [0.2, 0.25) is 0 Å². The van der Waals surface area contributed by atoms with E-state index in [1.165, 1.54) is 19.8 Å². The number of carboxylic acid groups (broad SMARTS) is 1. The van der Waals surface area contributed by atoms with Crippen molar-refractivity contribution in [1.29, 1.82) is 0 Å². The molecule has 0 aromatic rings. The van der Waals surface area contributed by atoms with E-state index < -0.39 is 11.9 Å². The molecule has 4 aliphatic carbocycles. The highest BCUT2D eigenvalue weighted by atomic mass is 16.4. The zero-order valence-corrected chi connectivity index (χ0v) is 19.9. The van der Waals surface area contributed by atoms with Gasteiger partial charge in [0.05, 0.1) is 12.1 Å². The lowest BCUT2D eigenvalue weighted by molar-refractivity contribution is -0.142. The van der Waals surface area contributed by atoms with Gasteiger partial charge < -0.3 is 15.5 Å². The molecule has 3 fully saturated rings. The molecule has 3 saturated carbocycles. The first-order valence-corrected chi connectivity index (χ1v) is 12.4. The van der Waals surface area contributed by atoms with Crippen LogP contribution in [0.4, 0.5) is 0 Å². The van der Waals surface area contributed by atoms with Gasteiger partial charge in [-0.25, -0.2) is 0 Å². The van der Waals surface area contributed by atoms with Crippen LogP contribution < -0.4 is 5.32 Å². The van der Waals surface area contributed by atoms with Crippen molar-refractivity contribution in [1.82, 2.24) is 5.32 Å². The Kier molecular flexibility index (Phi) is 6.06. The number of ketones is 1. The van der Waals surface area contributed by atoms with Crippen LogP contribution in [0.25, 0.3) is 0 Å². The maximum absolute atomic E-state index is 13.2. The van der Waals surface area contributed by atoms with Gasteiger partial charge in [-0.2, -0.15) is 0 Å². The summed E-state index contributed by atoms with van der Waals surface area (Å²) >= 11 is 0. The molecule has 1 unspecified atom stereocenters. The van der Waals surface area contributed by atoms with E-state index in [2.05, 4.69) is 26.1 Å². The van der Waals surface area contributed by atoms with E-state index in [4.69, 9.17) is 0 Å². The van der Waals surface area contributed by atoms with Crippen molar-refractivity contribution in [3.63, 3.8) is 0 Å². The van der Waals surface area contributed by atoms with Crippen molar-refractivity contribution in [2.24, 2.45) is 46.3 Å². The Morgan fingerprint density at radius 2 is 1.88 bits per heavy atom. The Hall–Kier alpha value is -1.69.